The standard InChI is InChI=1S/C20H13ClN4O2.C2H6/c1-24-15-5-3-2-4-14(15)18-16(24)10-11-17(26)25(18)13-8-6-12(7-9-13)19-22-20(21)27-23-19;1-2/h2-11H,1H3;1-2H3. The van der Waals surface area contributed by atoms with Gasteiger partial charge in [0.2, 0.25) is 5.82 Å². The molecule has 0 saturated heterocycles. The molecule has 0 radical (unpaired) electrons. The number of halogens is 1. The molecule has 0 aliphatic rings. The van der Waals surface area contributed by atoms with Crippen molar-refractivity contribution in [3.63, 3.8) is 0 Å². The highest BCUT2D eigenvalue weighted by molar-refractivity contribution is 6.27. The summed E-state index contributed by atoms with van der Waals surface area (Å²) in [7, 11) is 2.00. The van der Waals surface area contributed by atoms with Crippen LogP contribution < -0.4 is 5.56 Å². The molecule has 146 valence electrons. The van der Waals surface area contributed by atoms with E-state index in [0.29, 0.717) is 5.82 Å². The summed E-state index contributed by atoms with van der Waals surface area (Å²) in [5.41, 5.74) is 4.38. The highest BCUT2D eigenvalue weighted by Crippen LogP contribution is 2.29. The maximum atomic E-state index is 12.7. The maximum absolute atomic E-state index is 12.7. The second kappa shape index (κ2) is 7.56. The Kier molecular flexibility index (Phi) is 4.94. The Labute approximate surface area is 172 Å². The van der Waals surface area contributed by atoms with Crippen molar-refractivity contribution >= 4 is 33.5 Å². The summed E-state index contributed by atoms with van der Waals surface area (Å²) in [6.45, 7) is 4.00. The van der Waals surface area contributed by atoms with Gasteiger partial charge in [0.25, 0.3) is 5.56 Å². The maximum Gasteiger partial charge on any atom is 0.320 e. The zero-order chi connectivity index (χ0) is 20.5. The molecule has 29 heavy (non-hydrogen) atoms. The highest BCUT2D eigenvalue weighted by atomic mass is 35.5. The average Bonchev–Trinajstić information content (AvgIpc) is 3.32. The highest BCUT2D eigenvalue weighted by Gasteiger charge is 2.14. The van der Waals surface area contributed by atoms with Crippen molar-refractivity contribution in [1.82, 2.24) is 19.3 Å². The van der Waals surface area contributed by atoms with Gasteiger partial charge in [-0.15, -0.1) is 0 Å². The Balaban J connectivity index is 0.000000994. The predicted molar refractivity (Wildman–Crippen MR) is 116 cm³/mol. The van der Waals surface area contributed by atoms with Crippen molar-refractivity contribution in [2.75, 3.05) is 0 Å². The SMILES string of the molecule is CC.Cn1c2ccccc2c2c1ccc(=O)n2-c1ccc(-c2noc(Cl)n2)cc1. The minimum Gasteiger partial charge on any atom is -0.342 e. The topological polar surface area (TPSA) is 65.8 Å². The van der Waals surface area contributed by atoms with E-state index in [4.69, 9.17) is 16.1 Å². The monoisotopic (exact) mass is 406 g/mol. The molecule has 3 heterocycles. The molecule has 0 spiro atoms. The number of aryl methyl sites for hydroxylation is 1. The zero-order valence-corrected chi connectivity index (χ0v) is 17.0. The minimum absolute atomic E-state index is 0.00850. The third-order valence-corrected chi connectivity index (χ3v) is 4.89. The van der Waals surface area contributed by atoms with Gasteiger partial charge in [-0.3, -0.25) is 9.36 Å². The van der Waals surface area contributed by atoms with E-state index in [9.17, 15) is 4.79 Å². The van der Waals surface area contributed by atoms with Crippen LogP contribution in [0.3, 0.4) is 0 Å². The summed E-state index contributed by atoms with van der Waals surface area (Å²) < 4.78 is 8.63. The van der Waals surface area contributed by atoms with E-state index >= 15 is 0 Å². The first-order chi connectivity index (χ1) is 14.1. The number of para-hydroxylation sites is 1. The van der Waals surface area contributed by atoms with Gasteiger partial charge in [0.15, 0.2) is 0 Å². The number of nitrogens with zero attached hydrogens (tertiary/aromatic N) is 4. The average molecular weight is 407 g/mol. The lowest BCUT2D eigenvalue weighted by atomic mass is 10.1. The van der Waals surface area contributed by atoms with Crippen LogP contribution in [0.2, 0.25) is 5.35 Å². The fourth-order valence-corrected chi connectivity index (χ4v) is 3.61. The molecule has 3 aromatic heterocycles. The zero-order valence-electron chi connectivity index (χ0n) is 16.3. The number of hydrogen-bond donors (Lipinski definition) is 0. The molecule has 0 atom stereocenters. The first-order valence-electron chi connectivity index (χ1n) is 9.33. The molecule has 0 aliphatic heterocycles. The molecular weight excluding hydrogens is 388 g/mol. The fraction of sp³-hybridized carbons (Fsp3) is 0.136. The molecule has 2 aromatic carbocycles. The molecule has 6 nitrogen and oxygen atoms in total. The number of pyridine rings is 1. The third-order valence-electron chi connectivity index (χ3n) is 4.74. The van der Waals surface area contributed by atoms with Gasteiger partial charge in [-0.05, 0) is 48.0 Å². The van der Waals surface area contributed by atoms with E-state index in [2.05, 4.69) is 14.7 Å². The van der Waals surface area contributed by atoms with Crippen LogP contribution in [0.5, 0.6) is 0 Å². The quantitative estimate of drug-likeness (QED) is 0.403. The Bertz CT molecular complexity index is 1360. The summed E-state index contributed by atoms with van der Waals surface area (Å²) in [5.74, 6) is 0.405. The predicted octanol–water partition coefficient (Wildman–Crippen LogP) is 5.21. The van der Waals surface area contributed by atoms with Crippen molar-refractivity contribution in [3.8, 4) is 17.1 Å². The lowest BCUT2D eigenvalue weighted by Crippen LogP contribution is -2.17. The van der Waals surface area contributed by atoms with Crippen LogP contribution in [0.25, 0.3) is 39.0 Å². The summed E-state index contributed by atoms with van der Waals surface area (Å²) in [4.78, 5) is 16.8. The van der Waals surface area contributed by atoms with Gasteiger partial charge in [-0.2, -0.15) is 4.98 Å². The van der Waals surface area contributed by atoms with E-state index in [-0.39, 0.29) is 10.9 Å². The number of aromatic nitrogens is 4. The molecule has 0 bridgehead atoms. The van der Waals surface area contributed by atoms with Gasteiger partial charge in [0.1, 0.15) is 0 Å². The van der Waals surface area contributed by atoms with E-state index in [1.807, 2.05) is 75.5 Å². The van der Waals surface area contributed by atoms with Gasteiger partial charge < -0.3 is 9.09 Å². The lowest BCUT2D eigenvalue weighted by Gasteiger charge is -2.09. The fourth-order valence-electron chi connectivity index (χ4n) is 3.49. The number of rotatable bonds is 2. The second-order valence-electron chi connectivity index (χ2n) is 6.23. The van der Waals surface area contributed by atoms with Crippen LogP contribution >= 0.6 is 11.6 Å². The molecule has 0 fully saturated rings. The summed E-state index contributed by atoms with van der Waals surface area (Å²) in [5, 5.41) is 4.83. The molecule has 0 aliphatic carbocycles. The minimum atomic E-state index is -0.0887. The molecule has 5 aromatic rings. The Morgan fingerprint density at radius 2 is 1.66 bits per heavy atom. The van der Waals surface area contributed by atoms with E-state index in [1.165, 1.54) is 0 Å². The smallest absolute Gasteiger partial charge is 0.320 e. The molecule has 0 N–H and O–H groups in total. The van der Waals surface area contributed by atoms with Crippen LogP contribution in [0, 0.1) is 0 Å². The summed E-state index contributed by atoms with van der Waals surface area (Å²) in [6.07, 6.45) is 0. The van der Waals surface area contributed by atoms with Crippen LogP contribution in [-0.2, 0) is 7.05 Å². The van der Waals surface area contributed by atoms with E-state index in [1.54, 1.807) is 10.6 Å². The van der Waals surface area contributed by atoms with Crippen LogP contribution in [0.15, 0.2) is 70.0 Å². The van der Waals surface area contributed by atoms with E-state index in [0.717, 1.165) is 33.2 Å². The Morgan fingerprint density at radius 3 is 2.34 bits per heavy atom. The molecular formula is C22H19ClN4O2. The summed E-state index contributed by atoms with van der Waals surface area (Å²) >= 11 is 5.69. The van der Waals surface area contributed by atoms with Crippen LogP contribution in [0.1, 0.15) is 13.8 Å². The summed E-state index contributed by atoms with van der Waals surface area (Å²) in [6, 6.07) is 18.9. The number of benzene rings is 2. The first kappa shape index (κ1) is 19.0. The Morgan fingerprint density at radius 1 is 0.931 bits per heavy atom. The van der Waals surface area contributed by atoms with Crippen molar-refractivity contribution in [2.45, 2.75) is 13.8 Å². The third kappa shape index (κ3) is 3.11. The van der Waals surface area contributed by atoms with Crippen molar-refractivity contribution < 1.29 is 4.52 Å². The van der Waals surface area contributed by atoms with Gasteiger partial charge >= 0.3 is 5.35 Å². The molecule has 7 heteroatoms. The van der Waals surface area contributed by atoms with Crippen molar-refractivity contribution in [1.29, 1.82) is 0 Å². The van der Waals surface area contributed by atoms with Crippen LogP contribution in [0.4, 0.5) is 0 Å². The first-order valence-corrected chi connectivity index (χ1v) is 9.70. The van der Waals surface area contributed by atoms with Gasteiger partial charge in [0.05, 0.1) is 16.6 Å². The van der Waals surface area contributed by atoms with Gasteiger partial charge in [-0.25, -0.2) is 0 Å². The largest absolute Gasteiger partial charge is 0.342 e. The lowest BCUT2D eigenvalue weighted by molar-refractivity contribution is 0.421. The number of hydrogen-bond acceptors (Lipinski definition) is 4. The number of fused-ring (bicyclic) bond motifs is 3. The molecule has 5 rings (SSSR count). The second-order valence-corrected chi connectivity index (χ2v) is 6.56. The van der Waals surface area contributed by atoms with Crippen molar-refractivity contribution in [2.24, 2.45) is 7.05 Å². The van der Waals surface area contributed by atoms with E-state index < -0.39 is 0 Å². The Hall–Kier alpha value is -3.38. The van der Waals surface area contributed by atoms with Gasteiger partial charge in [-0.1, -0.05) is 37.2 Å². The molecule has 0 unspecified atom stereocenters. The molecule has 0 saturated carbocycles. The van der Waals surface area contributed by atoms with Crippen LogP contribution in [-0.4, -0.2) is 19.3 Å². The van der Waals surface area contributed by atoms with Crippen molar-refractivity contribution in [3.05, 3.63) is 76.4 Å². The van der Waals surface area contributed by atoms with Gasteiger partial charge in [0, 0.05) is 29.8 Å². The molecule has 0 amide bonds. The normalized spacial score (nSPS) is 10.9.